The number of ether oxygens (including phenoxy) is 4. The van der Waals surface area contributed by atoms with Crippen LogP contribution < -0.4 is 14.8 Å². The van der Waals surface area contributed by atoms with Crippen LogP contribution in [0.3, 0.4) is 0 Å². The average Bonchev–Trinajstić information content (AvgIpc) is 3.64. The van der Waals surface area contributed by atoms with Gasteiger partial charge in [0.2, 0.25) is 5.91 Å². The van der Waals surface area contributed by atoms with Crippen molar-refractivity contribution in [1.82, 2.24) is 10.2 Å². The van der Waals surface area contributed by atoms with Gasteiger partial charge in [0.05, 0.1) is 44.1 Å². The van der Waals surface area contributed by atoms with Crippen molar-refractivity contribution in [3.05, 3.63) is 82.0 Å². The number of benzene rings is 2. The highest BCUT2D eigenvalue weighted by atomic mass is 32.2. The number of para-hydroxylation sites is 1. The summed E-state index contributed by atoms with van der Waals surface area (Å²) in [7, 11) is 3.14. The van der Waals surface area contributed by atoms with E-state index in [0.717, 1.165) is 30.7 Å². The number of nitrogens with one attached hydrogen (secondary N) is 1. The average molecular weight is 564 g/mol. The maximum Gasteiger partial charge on any atom is 0.338 e. The second kappa shape index (κ2) is 12.6. The summed E-state index contributed by atoms with van der Waals surface area (Å²) in [6.07, 6.45) is 2.12. The van der Waals surface area contributed by atoms with Gasteiger partial charge in [-0.2, -0.15) is 0 Å². The molecular formula is C30H33N3O6S. The molecule has 0 aromatic heterocycles. The van der Waals surface area contributed by atoms with E-state index in [4.69, 9.17) is 23.9 Å². The summed E-state index contributed by atoms with van der Waals surface area (Å²) in [5, 5.41) is 5.58. The highest BCUT2D eigenvalue weighted by molar-refractivity contribution is 8.16. The number of hydrogen-bond donors (Lipinski definition) is 1. The van der Waals surface area contributed by atoms with Crippen LogP contribution in [0.2, 0.25) is 0 Å². The van der Waals surface area contributed by atoms with Gasteiger partial charge < -0.3 is 29.2 Å². The lowest BCUT2D eigenvalue weighted by Crippen LogP contribution is -2.39. The zero-order chi connectivity index (χ0) is 28.1. The monoisotopic (exact) mass is 563 g/mol. The summed E-state index contributed by atoms with van der Waals surface area (Å²) in [4.78, 5) is 33.4. The molecule has 5 rings (SSSR count). The first kappa shape index (κ1) is 27.8. The molecule has 0 bridgehead atoms. The molecule has 1 fully saturated rings. The van der Waals surface area contributed by atoms with Crippen molar-refractivity contribution < 1.29 is 28.5 Å². The van der Waals surface area contributed by atoms with Crippen molar-refractivity contribution in [3.8, 4) is 11.5 Å². The molecule has 2 atom stereocenters. The number of allylic oxidation sites excluding steroid dienone is 1. The molecule has 3 heterocycles. The Labute approximate surface area is 238 Å². The number of amides is 1. The Balaban J connectivity index is 1.46. The fourth-order valence-corrected chi connectivity index (χ4v) is 6.08. The van der Waals surface area contributed by atoms with Gasteiger partial charge >= 0.3 is 5.97 Å². The van der Waals surface area contributed by atoms with Gasteiger partial charge in [0, 0.05) is 24.4 Å². The Morgan fingerprint density at radius 2 is 1.95 bits per heavy atom. The van der Waals surface area contributed by atoms with Crippen molar-refractivity contribution in [2.24, 2.45) is 4.99 Å². The number of esters is 1. The van der Waals surface area contributed by atoms with E-state index in [9.17, 15) is 9.59 Å². The quantitative estimate of drug-likeness (QED) is 0.415. The number of carbonyl (C=O) groups excluding carboxylic acids is 2. The van der Waals surface area contributed by atoms with Crippen LogP contribution in [0.1, 0.15) is 43.4 Å². The predicted molar refractivity (Wildman–Crippen MR) is 153 cm³/mol. The van der Waals surface area contributed by atoms with Crippen molar-refractivity contribution >= 4 is 28.8 Å². The Kier molecular flexibility index (Phi) is 8.76. The zero-order valence-electron chi connectivity index (χ0n) is 22.8. The summed E-state index contributed by atoms with van der Waals surface area (Å²) >= 11 is 1.42. The molecule has 0 spiro atoms. The largest absolute Gasteiger partial charge is 0.493 e. The minimum absolute atomic E-state index is 0.0494. The van der Waals surface area contributed by atoms with Crippen molar-refractivity contribution in [3.63, 3.8) is 0 Å². The van der Waals surface area contributed by atoms with Crippen LogP contribution in [0.15, 0.2) is 75.9 Å². The second-order valence-corrected chi connectivity index (χ2v) is 10.5. The van der Waals surface area contributed by atoms with Gasteiger partial charge in [-0.05, 0) is 36.8 Å². The molecule has 0 aliphatic carbocycles. The molecule has 3 aliphatic rings. The molecule has 210 valence electrons. The van der Waals surface area contributed by atoms with Crippen LogP contribution in [0, 0.1) is 0 Å². The van der Waals surface area contributed by atoms with E-state index in [1.165, 1.54) is 11.8 Å². The number of hydrogen-bond acceptors (Lipinski definition) is 9. The first-order chi connectivity index (χ1) is 19.5. The number of aliphatic imine (C=N–C) groups is 1. The second-order valence-electron chi connectivity index (χ2n) is 9.65. The zero-order valence-corrected chi connectivity index (χ0v) is 23.7. The molecule has 2 aromatic rings. The third kappa shape index (κ3) is 5.88. The molecule has 1 N–H and O–H groups in total. The molecule has 9 nitrogen and oxygen atoms in total. The van der Waals surface area contributed by atoms with E-state index in [1.807, 2.05) is 52.8 Å². The van der Waals surface area contributed by atoms with Crippen molar-refractivity contribution in [1.29, 1.82) is 0 Å². The van der Waals surface area contributed by atoms with Crippen LogP contribution in [-0.4, -0.2) is 55.4 Å². The lowest BCUT2D eigenvalue weighted by atomic mass is 9.92. The van der Waals surface area contributed by atoms with E-state index < -0.39 is 12.0 Å². The minimum atomic E-state index is -0.645. The lowest BCUT2D eigenvalue weighted by Gasteiger charge is -2.37. The van der Waals surface area contributed by atoms with Gasteiger partial charge in [-0.3, -0.25) is 4.79 Å². The minimum Gasteiger partial charge on any atom is -0.493 e. The highest BCUT2D eigenvalue weighted by Crippen LogP contribution is 2.48. The van der Waals surface area contributed by atoms with Gasteiger partial charge in [-0.25, -0.2) is 9.79 Å². The van der Waals surface area contributed by atoms with Gasteiger partial charge in [-0.1, -0.05) is 54.2 Å². The molecule has 1 saturated heterocycles. The van der Waals surface area contributed by atoms with E-state index in [2.05, 4.69) is 5.32 Å². The maximum absolute atomic E-state index is 13.7. The van der Waals surface area contributed by atoms with E-state index in [0.29, 0.717) is 40.0 Å². The Bertz CT molecular complexity index is 1350. The maximum atomic E-state index is 13.7. The van der Waals surface area contributed by atoms with Crippen molar-refractivity contribution in [2.75, 3.05) is 27.4 Å². The van der Waals surface area contributed by atoms with Crippen LogP contribution in [0.25, 0.3) is 0 Å². The number of thioether (sulfide) groups is 1. The molecule has 0 radical (unpaired) electrons. The van der Waals surface area contributed by atoms with Crippen LogP contribution in [0.5, 0.6) is 11.5 Å². The molecule has 0 saturated carbocycles. The van der Waals surface area contributed by atoms with Gasteiger partial charge in [0.1, 0.15) is 6.61 Å². The number of methoxy groups -OCH3 is 2. The number of nitrogens with zero attached hydrogens (tertiary/aromatic N) is 2. The molecule has 10 heteroatoms. The molecule has 40 heavy (non-hydrogen) atoms. The predicted octanol–water partition coefficient (Wildman–Crippen LogP) is 4.71. The number of fused-ring (bicyclic) bond motifs is 1. The lowest BCUT2D eigenvalue weighted by molar-refractivity contribution is -0.141. The molecule has 1 amide bonds. The Morgan fingerprint density at radius 3 is 2.67 bits per heavy atom. The fourth-order valence-electron chi connectivity index (χ4n) is 5.11. The van der Waals surface area contributed by atoms with E-state index in [1.54, 1.807) is 27.2 Å². The van der Waals surface area contributed by atoms with Crippen LogP contribution in [-0.2, 0) is 25.7 Å². The van der Waals surface area contributed by atoms with Gasteiger partial charge in [0.15, 0.2) is 16.7 Å². The number of rotatable bonds is 10. The third-order valence-electron chi connectivity index (χ3n) is 7.05. The first-order valence-corrected chi connectivity index (χ1v) is 14.1. The molecule has 3 aliphatic heterocycles. The Hall–Kier alpha value is -3.76. The molecular weight excluding hydrogens is 530 g/mol. The third-order valence-corrected chi connectivity index (χ3v) is 7.94. The normalized spacial score (nSPS) is 20.0. The topological polar surface area (TPSA) is 98.7 Å². The van der Waals surface area contributed by atoms with Gasteiger partial charge in [0.25, 0.3) is 0 Å². The van der Waals surface area contributed by atoms with E-state index >= 15 is 0 Å². The number of carbonyl (C=O) groups is 2. The number of amidine groups is 1. The summed E-state index contributed by atoms with van der Waals surface area (Å²) < 4.78 is 22.8. The summed E-state index contributed by atoms with van der Waals surface area (Å²) in [6, 6.07) is 14.4. The van der Waals surface area contributed by atoms with Crippen LogP contribution >= 0.6 is 11.8 Å². The molecule has 0 unspecified atom stereocenters. The standard InChI is InChI=1S/C30H33N3O6S/c1-19-26(29(35)39-17-20-9-5-4-6-10-20)27(23-12-7-13-24(36-2)28(23)37-3)33-21(18-40-30(33)32-19)15-25(34)31-16-22-11-8-14-38-22/h4-7,9-10,12-13,18,22,27H,8,11,14-17H2,1-3H3,(H,31,34)/t22-,27-/m1/s1. The van der Waals surface area contributed by atoms with E-state index in [-0.39, 0.29) is 25.0 Å². The summed E-state index contributed by atoms with van der Waals surface area (Å²) in [6.45, 7) is 3.13. The summed E-state index contributed by atoms with van der Waals surface area (Å²) in [5.41, 5.74) is 3.23. The first-order valence-electron chi connectivity index (χ1n) is 13.2. The van der Waals surface area contributed by atoms with Gasteiger partial charge in [-0.15, -0.1) is 0 Å². The fraction of sp³-hybridized carbons (Fsp3) is 0.367. The Morgan fingerprint density at radius 1 is 1.12 bits per heavy atom. The smallest absolute Gasteiger partial charge is 0.338 e. The van der Waals surface area contributed by atoms with Crippen LogP contribution in [0.4, 0.5) is 0 Å². The molecule has 2 aromatic carbocycles. The summed E-state index contributed by atoms with van der Waals surface area (Å²) in [5.74, 6) is 0.416. The van der Waals surface area contributed by atoms with Crippen molar-refractivity contribution in [2.45, 2.75) is 44.9 Å². The highest BCUT2D eigenvalue weighted by Gasteiger charge is 2.42. The SMILES string of the molecule is COc1cccc([C@@H]2C(C(=O)OCc3ccccc3)=C(C)N=C3SC=C(CC(=O)NC[C@H]4CCCO4)N32)c1OC.